The topological polar surface area (TPSA) is 60.7 Å². The third-order valence-corrected chi connectivity index (χ3v) is 1.02. The quantitative estimate of drug-likeness (QED) is 0.661. The zero-order chi connectivity index (χ0) is 11.8. The van der Waals surface area contributed by atoms with Crippen LogP contribution in [0, 0.1) is 0 Å². The molecular formula is C11H28O3. The van der Waals surface area contributed by atoms with Gasteiger partial charge in [-0.05, 0) is 26.7 Å². The van der Waals surface area contributed by atoms with Crippen LogP contribution in [0.25, 0.3) is 0 Å². The van der Waals surface area contributed by atoms with Crippen LogP contribution in [-0.2, 0) is 0 Å². The predicted octanol–water partition coefficient (Wildman–Crippen LogP) is 1.94. The van der Waals surface area contributed by atoms with Crippen molar-refractivity contribution in [1.29, 1.82) is 0 Å². The van der Waals surface area contributed by atoms with Gasteiger partial charge in [-0.2, -0.15) is 0 Å². The summed E-state index contributed by atoms with van der Waals surface area (Å²) in [6.07, 6.45) is 3.91. The van der Waals surface area contributed by atoms with Crippen LogP contribution >= 0.6 is 0 Å². The van der Waals surface area contributed by atoms with E-state index in [1.807, 2.05) is 0 Å². The summed E-state index contributed by atoms with van der Waals surface area (Å²) in [6, 6.07) is 0. The van der Waals surface area contributed by atoms with Gasteiger partial charge in [0.15, 0.2) is 0 Å². The van der Waals surface area contributed by atoms with Crippen LogP contribution in [0.2, 0.25) is 0 Å². The molecule has 0 saturated carbocycles. The van der Waals surface area contributed by atoms with Crippen molar-refractivity contribution in [2.45, 2.75) is 59.5 Å². The highest BCUT2D eigenvalue weighted by atomic mass is 16.3. The van der Waals surface area contributed by atoms with Crippen LogP contribution in [0.3, 0.4) is 0 Å². The van der Waals surface area contributed by atoms with Gasteiger partial charge < -0.3 is 15.3 Å². The van der Waals surface area contributed by atoms with Gasteiger partial charge in [0.1, 0.15) is 0 Å². The summed E-state index contributed by atoms with van der Waals surface area (Å²) < 4.78 is 0. The van der Waals surface area contributed by atoms with E-state index >= 15 is 0 Å². The third kappa shape index (κ3) is 93.4. The van der Waals surface area contributed by atoms with Gasteiger partial charge >= 0.3 is 0 Å². The molecule has 3 nitrogen and oxygen atoms in total. The van der Waals surface area contributed by atoms with E-state index < -0.39 is 0 Å². The minimum atomic E-state index is -0.167. The van der Waals surface area contributed by atoms with Crippen molar-refractivity contribution in [3.63, 3.8) is 0 Å². The molecule has 0 aromatic carbocycles. The summed E-state index contributed by atoms with van der Waals surface area (Å²) >= 11 is 0. The second-order valence-corrected chi connectivity index (χ2v) is 3.25. The van der Waals surface area contributed by atoms with E-state index in [0.717, 1.165) is 25.7 Å². The Balaban J connectivity index is -0.000000131. The molecule has 0 aliphatic carbocycles. The fourth-order valence-corrected chi connectivity index (χ4v) is 0.316. The van der Waals surface area contributed by atoms with Crippen molar-refractivity contribution < 1.29 is 15.3 Å². The molecule has 0 atom stereocenters. The van der Waals surface area contributed by atoms with Crippen molar-refractivity contribution in [3.05, 3.63) is 0 Å². The van der Waals surface area contributed by atoms with Crippen LogP contribution in [-0.4, -0.2) is 34.6 Å². The number of hydrogen-bond donors (Lipinski definition) is 3. The van der Waals surface area contributed by atoms with Crippen molar-refractivity contribution in [2.24, 2.45) is 0 Å². The number of rotatable bonds is 4. The van der Waals surface area contributed by atoms with Crippen LogP contribution in [0.1, 0.15) is 53.4 Å². The standard InChI is InChI=1S/2C4H10O.C3H8O/c2*1-2-3-4-5;1-3(2)4/h2*5H,2-4H2,1H3;3-4H,1-2H3. The Morgan fingerprint density at radius 1 is 0.857 bits per heavy atom. The second kappa shape index (κ2) is 23.1. The molecule has 14 heavy (non-hydrogen) atoms. The Hall–Kier alpha value is -0.120. The van der Waals surface area contributed by atoms with Crippen LogP contribution in [0.4, 0.5) is 0 Å². The molecule has 3 heteroatoms. The van der Waals surface area contributed by atoms with Gasteiger partial charge in [0.2, 0.25) is 0 Å². The van der Waals surface area contributed by atoms with E-state index in [1.165, 1.54) is 0 Å². The molecule has 0 rings (SSSR count). The minimum Gasteiger partial charge on any atom is -0.396 e. The van der Waals surface area contributed by atoms with Crippen molar-refractivity contribution in [1.82, 2.24) is 0 Å². The zero-order valence-corrected chi connectivity index (χ0v) is 10.2. The molecule has 0 spiro atoms. The van der Waals surface area contributed by atoms with Gasteiger partial charge in [-0.15, -0.1) is 0 Å². The minimum absolute atomic E-state index is 0.167. The first-order valence-corrected chi connectivity index (χ1v) is 5.46. The van der Waals surface area contributed by atoms with E-state index in [-0.39, 0.29) is 6.10 Å². The van der Waals surface area contributed by atoms with Crippen molar-refractivity contribution in [2.75, 3.05) is 13.2 Å². The smallest absolute Gasteiger partial charge is 0.0483 e. The Morgan fingerprint density at radius 3 is 1.07 bits per heavy atom. The Labute approximate surface area is 88.8 Å². The Kier molecular flexibility index (Phi) is 32.0. The molecule has 0 aliphatic rings. The molecule has 0 aliphatic heterocycles. The van der Waals surface area contributed by atoms with Crippen molar-refractivity contribution in [3.8, 4) is 0 Å². The highest BCUT2D eigenvalue weighted by Crippen LogP contribution is 1.79. The van der Waals surface area contributed by atoms with Crippen LogP contribution in [0.15, 0.2) is 0 Å². The van der Waals surface area contributed by atoms with E-state index in [4.69, 9.17) is 15.3 Å². The lowest BCUT2D eigenvalue weighted by atomic mass is 10.4. The first-order chi connectivity index (χ1) is 6.56. The second-order valence-electron chi connectivity index (χ2n) is 3.25. The van der Waals surface area contributed by atoms with E-state index in [0.29, 0.717) is 13.2 Å². The van der Waals surface area contributed by atoms with E-state index in [2.05, 4.69) is 13.8 Å². The molecule has 0 unspecified atom stereocenters. The highest BCUT2D eigenvalue weighted by molar-refractivity contribution is 4.23. The maximum absolute atomic E-state index is 8.07. The zero-order valence-electron chi connectivity index (χ0n) is 10.2. The summed E-state index contributed by atoms with van der Waals surface area (Å²) in [5, 5.41) is 24.2. The number of aliphatic hydroxyl groups excluding tert-OH is 3. The normalized spacial score (nSPS) is 8.57. The van der Waals surface area contributed by atoms with Gasteiger partial charge in [0.25, 0.3) is 0 Å². The fourth-order valence-electron chi connectivity index (χ4n) is 0.316. The average Bonchev–Trinajstić information content (AvgIpc) is 2.07. The number of hydrogen-bond acceptors (Lipinski definition) is 3. The molecule has 0 bridgehead atoms. The highest BCUT2D eigenvalue weighted by Gasteiger charge is 1.70. The van der Waals surface area contributed by atoms with Gasteiger partial charge in [-0.1, -0.05) is 26.7 Å². The molecule has 0 saturated heterocycles. The number of aliphatic hydroxyl groups is 3. The molecule has 90 valence electrons. The van der Waals surface area contributed by atoms with Gasteiger partial charge in [-0.25, -0.2) is 0 Å². The molecule has 0 radical (unpaired) electrons. The molecular weight excluding hydrogens is 180 g/mol. The predicted molar refractivity (Wildman–Crippen MR) is 61.3 cm³/mol. The first-order valence-electron chi connectivity index (χ1n) is 5.46. The van der Waals surface area contributed by atoms with Gasteiger partial charge in [0, 0.05) is 19.3 Å². The average molecular weight is 208 g/mol. The molecule has 0 fully saturated rings. The lowest BCUT2D eigenvalue weighted by molar-refractivity contribution is 0.216. The summed E-state index contributed by atoms with van der Waals surface area (Å²) in [6.45, 7) is 8.24. The third-order valence-electron chi connectivity index (χ3n) is 1.02. The molecule has 0 aromatic heterocycles. The molecule has 3 N–H and O–H groups in total. The first kappa shape index (κ1) is 19.5. The van der Waals surface area contributed by atoms with Crippen LogP contribution < -0.4 is 0 Å². The lowest BCUT2D eigenvalue weighted by Crippen LogP contribution is -1.85. The fraction of sp³-hybridized carbons (Fsp3) is 1.00. The van der Waals surface area contributed by atoms with E-state index in [9.17, 15) is 0 Å². The number of unbranched alkanes of at least 4 members (excludes halogenated alkanes) is 2. The maximum Gasteiger partial charge on any atom is 0.0483 e. The van der Waals surface area contributed by atoms with Crippen molar-refractivity contribution >= 4 is 0 Å². The summed E-state index contributed by atoms with van der Waals surface area (Å²) in [5.74, 6) is 0. The molecule has 0 heterocycles. The Morgan fingerprint density at radius 2 is 1.07 bits per heavy atom. The lowest BCUT2D eigenvalue weighted by Gasteiger charge is -1.80. The largest absolute Gasteiger partial charge is 0.396 e. The summed E-state index contributed by atoms with van der Waals surface area (Å²) in [5.41, 5.74) is 0. The van der Waals surface area contributed by atoms with E-state index in [1.54, 1.807) is 13.8 Å². The summed E-state index contributed by atoms with van der Waals surface area (Å²) in [4.78, 5) is 0. The molecule has 0 amide bonds. The summed E-state index contributed by atoms with van der Waals surface area (Å²) in [7, 11) is 0. The van der Waals surface area contributed by atoms with Crippen LogP contribution in [0.5, 0.6) is 0 Å². The van der Waals surface area contributed by atoms with Gasteiger partial charge in [0.05, 0.1) is 0 Å². The maximum atomic E-state index is 8.07. The van der Waals surface area contributed by atoms with Gasteiger partial charge in [-0.3, -0.25) is 0 Å². The SMILES string of the molecule is CC(C)O.CCCCO.CCCCO. The Bertz CT molecular complexity index is 52.8. The monoisotopic (exact) mass is 208 g/mol. The molecule has 0 aromatic rings.